The average Bonchev–Trinajstić information content (AvgIpc) is 3.02. The fourth-order valence-electron chi connectivity index (χ4n) is 5.89. The Labute approximate surface area is 164 Å². The molecule has 2 bridgehead atoms. The highest BCUT2D eigenvalue weighted by molar-refractivity contribution is 5.72. The molecule has 3 N–H and O–H groups in total. The molecule has 28 heavy (non-hydrogen) atoms. The molecule has 1 fully saturated rings. The summed E-state index contributed by atoms with van der Waals surface area (Å²) in [4.78, 5) is 14.4. The van der Waals surface area contributed by atoms with Gasteiger partial charge in [0.15, 0.2) is 17.6 Å². The van der Waals surface area contributed by atoms with Crippen molar-refractivity contribution >= 4 is 5.97 Å². The van der Waals surface area contributed by atoms with E-state index in [-0.39, 0.29) is 25.0 Å². The molecule has 1 aromatic carbocycles. The minimum absolute atomic E-state index is 0.0169. The van der Waals surface area contributed by atoms with Gasteiger partial charge in [0.25, 0.3) is 0 Å². The van der Waals surface area contributed by atoms with Crippen molar-refractivity contribution in [3.8, 4) is 11.5 Å². The van der Waals surface area contributed by atoms with E-state index in [4.69, 9.17) is 19.9 Å². The molecule has 4 aliphatic rings. The Kier molecular flexibility index (Phi) is 3.82. The zero-order chi connectivity index (χ0) is 19.7. The number of rotatable bonds is 4. The predicted molar refractivity (Wildman–Crippen MR) is 101 cm³/mol. The van der Waals surface area contributed by atoms with Crippen LogP contribution in [0.4, 0.5) is 0 Å². The number of likely N-dealkylation sites (N-methyl/N-ethyl adjacent to an activating group) is 1. The Morgan fingerprint density at radius 1 is 1.46 bits per heavy atom. The second-order valence-electron chi connectivity index (χ2n) is 8.30. The summed E-state index contributed by atoms with van der Waals surface area (Å²) in [6.07, 6.45) is 3.33. The number of nitrogens with zero attached hydrogens (tertiary/aromatic N) is 1. The third-order valence-corrected chi connectivity index (χ3v) is 7.14. The fraction of sp³-hybridized carbons (Fsp3) is 0.571. The number of nitrogens with two attached hydrogens (primary N) is 1. The molecule has 1 saturated heterocycles. The van der Waals surface area contributed by atoms with E-state index in [0.29, 0.717) is 23.7 Å². The molecule has 4 atom stereocenters. The Balaban J connectivity index is 1.70. The van der Waals surface area contributed by atoms with Crippen LogP contribution >= 0.6 is 0 Å². The molecule has 7 nitrogen and oxygen atoms in total. The number of piperidine rings is 1. The lowest BCUT2D eigenvalue weighted by molar-refractivity contribution is -0.169. The van der Waals surface area contributed by atoms with Gasteiger partial charge in [0.2, 0.25) is 0 Å². The third-order valence-electron chi connectivity index (χ3n) is 7.14. The third kappa shape index (κ3) is 2.02. The summed E-state index contributed by atoms with van der Waals surface area (Å²) in [5.74, 6) is 1.43. The molecule has 2 heterocycles. The number of benzene rings is 1. The molecule has 5 rings (SSSR count). The number of methoxy groups -OCH3 is 1. The minimum atomic E-state index is -0.987. The van der Waals surface area contributed by atoms with E-state index in [2.05, 4.69) is 18.0 Å². The smallest absolute Gasteiger partial charge is 0.312 e. The van der Waals surface area contributed by atoms with Gasteiger partial charge in [0.05, 0.1) is 24.5 Å². The molecule has 0 amide bonds. The highest BCUT2D eigenvalue weighted by Gasteiger charge is 2.72. The Morgan fingerprint density at radius 2 is 2.29 bits per heavy atom. The topological polar surface area (TPSA) is 94.2 Å². The number of aliphatic hydroxyl groups is 1. The summed E-state index contributed by atoms with van der Waals surface area (Å²) in [5.41, 5.74) is 6.08. The first kappa shape index (κ1) is 18.0. The van der Waals surface area contributed by atoms with Crippen molar-refractivity contribution < 1.29 is 24.1 Å². The van der Waals surface area contributed by atoms with Crippen molar-refractivity contribution in [3.63, 3.8) is 0 Å². The van der Waals surface area contributed by atoms with Crippen LogP contribution in [0.3, 0.4) is 0 Å². The van der Waals surface area contributed by atoms with Crippen LogP contribution in [0.1, 0.15) is 30.4 Å². The maximum atomic E-state index is 12.2. The number of carbonyl (C=O) groups is 1. The first-order valence-corrected chi connectivity index (χ1v) is 9.86. The van der Waals surface area contributed by atoms with E-state index >= 15 is 0 Å². The summed E-state index contributed by atoms with van der Waals surface area (Å²) in [5, 5.41) is 12.0. The van der Waals surface area contributed by atoms with E-state index < -0.39 is 17.1 Å². The number of ether oxygens (including phenoxy) is 3. The van der Waals surface area contributed by atoms with Crippen molar-refractivity contribution in [3.05, 3.63) is 35.1 Å². The first-order valence-electron chi connectivity index (χ1n) is 9.86. The lowest BCUT2D eigenvalue weighted by atomic mass is 9.50. The molecule has 2 aliphatic carbocycles. The van der Waals surface area contributed by atoms with Crippen LogP contribution in [0.15, 0.2) is 24.0 Å². The van der Waals surface area contributed by atoms with Gasteiger partial charge >= 0.3 is 5.97 Å². The summed E-state index contributed by atoms with van der Waals surface area (Å²) in [6, 6.07) is 3.98. The highest BCUT2D eigenvalue weighted by Crippen LogP contribution is 2.65. The van der Waals surface area contributed by atoms with Gasteiger partial charge in [-0.3, -0.25) is 4.79 Å². The second kappa shape index (κ2) is 5.95. The summed E-state index contributed by atoms with van der Waals surface area (Å²) < 4.78 is 17.6. The number of hydrogen-bond donors (Lipinski definition) is 2. The SMILES string of the molecule is COc1ccc2c3c1O[C@H]1C(OC(=O)CCN)=CC[C@@]4(O)[C@@H](C2)N(C)CC[C@]314. The van der Waals surface area contributed by atoms with E-state index in [1.54, 1.807) is 7.11 Å². The lowest BCUT2D eigenvalue weighted by Gasteiger charge is -2.61. The van der Waals surface area contributed by atoms with Gasteiger partial charge in [-0.15, -0.1) is 0 Å². The maximum Gasteiger partial charge on any atom is 0.312 e. The van der Waals surface area contributed by atoms with Crippen molar-refractivity contribution in [1.29, 1.82) is 0 Å². The van der Waals surface area contributed by atoms with E-state index in [1.807, 2.05) is 12.1 Å². The lowest BCUT2D eigenvalue weighted by Crippen LogP contribution is -2.74. The molecule has 0 unspecified atom stereocenters. The number of esters is 1. The molecule has 0 saturated carbocycles. The zero-order valence-electron chi connectivity index (χ0n) is 16.2. The standard InChI is InChI=1S/C21H26N2O5/c1-23-10-8-20-17-12-3-4-13(26-2)18(17)28-19(20)14(27-16(24)6-9-22)5-7-21(20,25)15(23)11-12/h3-5,15,19,25H,6-11,22H2,1-2H3/t15-,19+,20+,21-/m1/s1. The summed E-state index contributed by atoms with van der Waals surface area (Å²) >= 11 is 0. The number of carbonyl (C=O) groups excluding carboxylic acids is 1. The van der Waals surface area contributed by atoms with E-state index in [0.717, 1.165) is 24.9 Å². The van der Waals surface area contributed by atoms with Crippen molar-refractivity contribution in [1.82, 2.24) is 4.90 Å². The van der Waals surface area contributed by atoms with Crippen molar-refractivity contribution in [2.45, 2.75) is 48.8 Å². The first-order chi connectivity index (χ1) is 13.5. The quantitative estimate of drug-likeness (QED) is 0.742. The van der Waals surface area contributed by atoms with Gasteiger partial charge in [-0.25, -0.2) is 0 Å². The second-order valence-corrected chi connectivity index (χ2v) is 8.30. The summed E-state index contributed by atoms with van der Waals surface area (Å²) in [7, 11) is 3.68. The van der Waals surface area contributed by atoms with Crippen molar-refractivity contribution in [2.24, 2.45) is 5.73 Å². The van der Waals surface area contributed by atoms with Gasteiger partial charge in [-0.05, 0) is 44.1 Å². The molecule has 7 heteroatoms. The molecule has 1 aromatic rings. The average molecular weight is 386 g/mol. The highest BCUT2D eigenvalue weighted by atomic mass is 16.6. The normalized spacial score (nSPS) is 34.9. The molecule has 1 spiro atoms. The van der Waals surface area contributed by atoms with Crippen molar-refractivity contribution in [2.75, 3.05) is 27.2 Å². The van der Waals surface area contributed by atoms with Gasteiger partial charge < -0.3 is 30.0 Å². The van der Waals surface area contributed by atoms with Gasteiger partial charge in [-0.2, -0.15) is 0 Å². The zero-order valence-corrected chi connectivity index (χ0v) is 16.2. The van der Waals surface area contributed by atoms with Gasteiger partial charge in [-0.1, -0.05) is 6.07 Å². The monoisotopic (exact) mass is 386 g/mol. The molecule has 150 valence electrons. The van der Waals surface area contributed by atoms with E-state index in [9.17, 15) is 9.90 Å². The Bertz CT molecular complexity index is 884. The van der Waals surface area contributed by atoms with E-state index in [1.165, 1.54) is 5.56 Å². The van der Waals surface area contributed by atoms with Crippen LogP contribution in [0.25, 0.3) is 0 Å². The molecular formula is C21H26N2O5. The van der Waals surface area contributed by atoms with Gasteiger partial charge in [0, 0.05) is 24.6 Å². The van der Waals surface area contributed by atoms with Crippen LogP contribution in [0.5, 0.6) is 11.5 Å². The number of likely N-dealkylation sites (tertiary alicyclic amines) is 1. The molecule has 0 radical (unpaired) electrons. The van der Waals surface area contributed by atoms with Crippen LogP contribution in [0, 0.1) is 0 Å². The fourth-order valence-corrected chi connectivity index (χ4v) is 5.89. The van der Waals surface area contributed by atoms with Gasteiger partial charge in [0.1, 0.15) is 5.76 Å². The van der Waals surface area contributed by atoms with Crippen LogP contribution in [0.2, 0.25) is 0 Å². The Hall–Kier alpha value is -2.09. The molecular weight excluding hydrogens is 360 g/mol. The largest absolute Gasteiger partial charge is 0.493 e. The van der Waals surface area contributed by atoms with Crippen LogP contribution < -0.4 is 15.2 Å². The van der Waals surface area contributed by atoms with Crippen LogP contribution in [-0.2, 0) is 21.4 Å². The summed E-state index contributed by atoms with van der Waals surface area (Å²) in [6.45, 7) is 1.07. The minimum Gasteiger partial charge on any atom is -0.493 e. The number of hydrogen-bond acceptors (Lipinski definition) is 7. The maximum absolute atomic E-state index is 12.2. The molecule has 0 aromatic heterocycles. The Morgan fingerprint density at radius 3 is 3.04 bits per heavy atom. The van der Waals surface area contributed by atoms with Crippen LogP contribution in [-0.4, -0.2) is 61.0 Å². The molecule has 2 aliphatic heterocycles. The predicted octanol–water partition coefficient (Wildman–Crippen LogP) is 0.865.